The van der Waals surface area contributed by atoms with E-state index in [4.69, 9.17) is 26.8 Å². The number of methoxy groups -OCH3 is 2. The Morgan fingerprint density at radius 3 is 2.54 bits per heavy atom. The van der Waals surface area contributed by atoms with Crippen LogP contribution in [0, 0.1) is 0 Å². The Bertz CT molecular complexity index is 766. The summed E-state index contributed by atoms with van der Waals surface area (Å²) in [7, 11) is 3.17. The molecule has 0 unspecified atom stereocenters. The molecule has 2 N–H and O–H groups in total. The number of rotatable bonds is 5. The number of hydrogen-bond donors (Lipinski definition) is 1. The fraction of sp³-hybridized carbons (Fsp3) is 0.278. The first-order valence-corrected chi connectivity index (χ1v) is 7.95. The molecule has 0 bridgehead atoms. The Morgan fingerprint density at radius 2 is 1.88 bits per heavy atom. The number of amides is 1. The van der Waals surface area contributed by atoms with E-state index in [-0.39, 0.29) is 11.9 Å². The number of β-lactam (4-membered cyclic amide) rings is 1. The highest BCUT2D eigenvalue weighted by Crippen LogP contribution is 2.37. The number of benzene rings is 2. The van der Waals surface area contributed by atoms with Crippen molar-refractivity contribution in [2.75, 3.05) is 14.2 Å². The van der Waals surface area contributed by atoms with E-state index >= 15 is 0 Å². The summed E-state index contributed by atoms with van der Waals surface area (Å²) in [6.45, 7) is 0.448. The van der Waals surface area contributed by atoms with E-state index in [1.54, 1.807) is 25.2 Å². The maximum Gasteiger partial charge on any atom is 0.242 e. The second-order valence-electron chi connectivity index (χ2n) is 5.68. The third-order valence-electron chi connectivity index (χ3n) is 4.24. The first-order chi connectivity index (χ1) is 11.5. The molecule has 0 saturated carbocycles. The van der Waals surface area contributed by atoms with E-state index in [0.29, 0.717) is 23.1 Å². The molecular weight excluding hydrogens is 328 g/mol. The van der Waals surface area contributed by atoms with Crippen LogP contribution in [0.1, 0.15) is 17.2 Å². The van der Waals surface area contributed by atoms with Gasteiger partial charge in [0.25, 0.3) is 0 Å². The summed E-state index contributed by atoms with van der Waals surface area (Å²) in [4.78, 5) is 14.0. The number of nitrogens with two attached hydrogens (primary N) is 1. The first-order valence-electron chi connectivity index (χ1n) is 7.57. The molecule has 5 nitrogen and oxygen atoms in total. The SMILES string of the molecule is COc1ccc(CN2C(=O)[C@H](N)[C@H]2c2cccc(Cl)c2)cc1OC. The van der Waals surface area contributed by atoms with Gasteiger partial charge in [-0.25, -0.2) is 0 Å². The lowest BCUT2D eigenvalue weighted by molar-refractivity contribution is -0.150. The van der Waals surface area contributed by atoms with E-state index in [1.165, 1.54) is 0 Å². The summed E-state index contributed by atoms with van der Waals surface area (Å²) < 4.78 is 10.6. The molecule has 0 radical (unpaired) electrons. The molecule has 1 saturated heterocycles. The van der Waals surface area contributed by atoms with Crippen LogP contribution in [0.15, 0.2) is 42.5 Å². The van der Waals surface area contributed by atoms with Crippen molar-refractivity contribution < 1.29 is 14.3 Å². The van der Waals surface area contributed by atoms with Crippen LogP contribution >= 0.6 is 11.6 Å². The summed E-state index contributed by atoms with van der Waals surface area (Å²) >= 11 is 6.06. The largest absolute Gasteiger partial charge is 0.493 e. The van der Waals surface area contributed by atoms with Crippen LogP contribution in [0.4, 0.5) is 0 Å². The molecule has 0 spiro atoms. The highest BCUT2D eigenvalue weighted by atomic mass is 35.5. The van der Waals surface area contributed by atoms with Gasteiger partial charge in [0.1, 0.15) is 6.04 Å². The van der Waals surface area contributed by atoms with Gasteiger partial charge in [-0.2, -0.15) is 0 Å². The molecular formula is C18H19ClN2O3. The van der Waals surface area contributed by atoms with Gasteiger partial charge in [0, 0.05) is 11.6 Å². The average Bonchev–Trinajstić information content (AvgIpc) is 2.60. The summed E-state index contributed by atoms with van der Waals surface area (Å²) in [5.74, 6) is 1.21. The standard InChI is InChI=1S/C18H19ClN2O3/c1-23-14-7-6-11(8-15(14)24-2)10-21-17(16(20)18(21)22)12-4-3-5-13(19)9-12/h3-9,16-17H,10,20H2,1-2H3/t16-,17-/m1/s1. The van der Waals surface area contributed by atoms with Crippen LogP contribution in [0.2, 0.25) is 5.02 Å². The minimum Gasteiger partial charge on any atom is -0.493 e. The molecule has 1 fully saturated rings. The van der Waals surface area contributed by atoms with Crippen molar-refractivity contribution in [3.63, 3.8) is 0 Å². The predicted octanol–water partition coefficient (Wildman–Crippen LogP) is 2.77. The van der Waals surface area contributed by atoms with Gasteiger partial charge in [-0.05, 0) is 35.4 Å². The number of carbonyl (C=O) groups excluding carboxylic acids is 1. The van der Waals surface area contributed by atoms with E-state index in [1.807, 2.05) is 36.4 Å². The minimum absolute atomic E-state index is 0.0743. The normalized spacial score (nSPS) is 19.8. The molecule has 1 amide bonds. The van der Waals surface area contributed by atoms with Crippen LogP contribution < -0.4 is 15.2 Å². The minimum atomic E-state index is -0.538. The maximum atomic E-state index is 12.2. The van der Waals surface area contributed by atoms with Crippen LogP contribution in [-0.4, -0.2) is 31.1 Å². The van der Waals surface area contributed by atoms with Crippen LogP contribution in [-0.2, 0) is 11.3 Å². The van der Waals surface area contributed by atoms with Crippen molar-refractivity contribution in [1.82, 2.24) is 4.90 Å². The Balaban J connectivity index is 1.84. The number of ether oxygens (including phenoxy) is 2. The van der Waals surface area contributed by atoms with Gasteiger partial charge in [0.2, 0.25) is 5.91 Å². The van der Waals surface area contributed by atoms with E-state index < -0.39 is 6.04 Å². The Hall–Kier alpha value is -2.24. The van der Waals surface area contributed by atoms with E-state index in [9.17, 15) is 4.79 Å². The van der Waals surface area contributed by atoms with Crippen molar-refractivity contribution >= 4 is 17.5 Å². The average molecular weight is 347 g/mol. The molecule has 6 heteroatoms. The molecule has 1 aliphatic heterocycles. The first kappa shape index (κ1) is 16.6. The molecule has 2 aromatic carbocycles. The maximum absolute atomic E-state index is 12.2. The Morgan fingerprint density at radius 1 is 1.12 bits per heavy atom. The van der Waals surface area contributed by atoms with Gasteiger partial charge >= 0.3 is 0 Å². The molecule has 24 heavy (non-hydrogen) atoms. The lowest BCUT2D eigenvalue weighted by atomic mass is 9.88. The zero-order valence-corrected chi connectivity index (χ0v) is 14.3. The van der Waals surface area contributed by atoms with Crippen LogP contribution in [0.3, 0.4) is 0 Å². The zero-order valence-electron chi connectivity index (χ0n) is 13.5. The monoisotopic (exact) mass is 346 g/mol. The Kier molecular flexibility index (Phi) is 4.64. The smallest absolute Gasteiger partial charge is 0.242 e. The fourth-order valence-corrected chi connectivity index (χ4v) is 3.20. The van der Waals surface area contributed by atoms with Gasteiger partial charge in [-0.1, -0.05) is 29.8 Å². The molecule has 0 aliphatic carbocycles. The van der Waals surface area contributed by atoms with E-state index in [0.717, 1.165) is 11.1 Å². The molecule has 1 aliphatic rings. The van der Waals surface area contributed by atoms with E-state index in [2.05, 4.69) is 0 Å². The van der Waals surface area contributed by atoms with Crippen molar-refractivity contribution in [2.45, 2.75) is 18.6 Å². The van der Waals surface area contributed by atoms with Gasteiger partial charge < -0.3 is 20.1 Å². The van der Waals surface area contributed by atoms with Crippen molar-refractivity contribution in [3.8, 4) is 11.5 Å². The molecule has 2 aromatic rings. The van der Waals surface area contributed by atoms with Gasteiger partial charge in [0.05, 0.1) is 20.3 Å². The molecule has 1 heterocycles. The van der Waals surface area contributed by atoms with Gasteiger partial charge in [-0.3, -0.25) is 4.79 Å². The highest BCUT2D eigenvalue weighted by molar-refractivity contribution is 6.30. The lowest BCUT2D eigenvalue weighted by Crippen LogP contribution is -2.62. The summed E-state index contributed by atoms with van der Waals surface area (Å²) in [5.41, 5.74) is 7.90. The summed E-state index contributed by atoms with van der Waals surface area (Å²) in [6, 6.07) is 12.3. The predicted molar refractivity (Wildman–Crippen MR) is 92.3 cm³/mol. The third-order valence-corrected chi connectivity index (χ3v) is 4.47. The highest BCUT2D eigenvalue weighted by Gasteiger charge is 2.45. The number of nitrogens with zero attached hydrogens (tertiary/aromatic N) is 1. The van der Waals surface area contributed by atoms with Crippen LogP contribution in [0.5, 0.6) is 11.5 Å². The zero-order chi connectivity index (χ0) is 17.3. The van der Waals surface area contributed by atoms with Crippen LogP contribution in [0.25, 0.3) is 0 Å². The number of hydrogen-bond acceptors (Lipinski definition) is 4. The molecule has 2 atom stereocenters. The Labute approximate surface area is 145 Å². The quantitative estimate of drug-likeness (QED) is 0.845. The van der Waals surface area contributed by atoms with Crippen molar-refractivity contribution in [3.05, 3.63) is 58.6 Å². The van der Waals surface area contributed by atoms with Gasteiger partial charge in [-0.15, -0.1) is 0 Å². The molecule has 0 aromatic heterocycles. The number of likely N-dealkylation sites (tertiary alicyclic amines) is 1. The second kappa shape index (κ2) is 6.71. The van der Waals surface area contributed by atoms with Crippen molar-refractivity contribution in [2.24, 2.45) is 5.73 Å². The van der Waals surface area contributed by atoms with Crippen molar-refractivity contribution in [1.29, 1.82) is 0 Å². The third kappa shape index (κ3) is 2.92. The topological polar surface area (TPSA) is 64.8 Å². The molecule has 126 valence electrons. The lowest BCUT2D eigenvalue weighted by Gasteiger charge is -2.46. The van der Waals surface area contributed by atoms with Gasteiger partial charge in [0.15, 0.2) is 11.5 Å². The number of carbonyl (C=O) groups is 1. The summed E-state index contributed by atoms with van der Waals surface area (Å²) in [6.07, 6.45) is 0. The number of halogens is 1. The second-order valence-corrected chi connectivity index (χ2v) is 6.12. The molecule has 3 rings (SSSR count). The summed E-state index contributed by atoms with van der Waals surface area (Å²) in [5, 5.41) is 0.630. The fourth-order valence-electron chi connectivity index (χ4n) is 3.01.